The van der Waals surface area contributed by atoms with Crippen LogP contribution >= 0.6 is 11.3 Å². The molecule has 0 aliphatic rings. The summed E-state index contributed by atoms with van der Waals surface area (Å²) < 4.78 is 7.06. The van der Waals surface area contributed by atoms with Crippen molar-refractivity contribution >= 4 is 11.3 Å². The number of hydrogen-bond donors (Lipinski definition) is 1. The van der Waals surface area contributed by atoms with E-state index in [0.29, 0.717) is 6.61 Å². The standard InChI is InChI=1S/C14H22N4OS/c1-9-8-20-14(16-9)13(15-6-7-19-5)12-10(2)17-18(4)11(12)3/h8,13,15H,6-7H2,1-5H3. The van der Waals surface area contributed by atoms with Crippen LogP contribution in [0.15, 0.2) is 5.38 Å². The summed E-state index contributed by atoms with van der Waals surface area (Å²) in [4.78, 5) is 4.64. The number of nitrogens with zero attached hydrogens (tertiary/aromatic N) is 3. The molecule has 0 saturated heterocycles. The molecule has 2 rings (SSSR count). The molecule has 5 nitrogen and oxygen atoms in total. The molecule has 0 radical (unpaired) electrons. The van der Waals surface area contributed by atoms with E-state index in [0.717, 1.165) is 22.9 Å². The second-order valence-corrected chi connectivity index (χ2v) is 5.80. The Balaban J connectivity index is 2.35. The summed E-state index contributed by atoms with van der Waals surface area (Å²) >= 11 is 1.69. The van der Waals surface area contributed by atoms with Crippen molar-refractivity contribution in [1.82, 2.24) is 20.1 Å². The number of methoxy groups -OCH3 is 1. The quantitative estimate of drug-likeness (QED) is 0.829. The Morgan fingerprint density at radius 3 is 2.65 bits per heavy atom. The Bertz CT molecular complexity index is 576. The first-order valence-corrected chi connectivity index (χ1v) is 7.57. The maximum absolute atomic E-state index is 5.13. The van der Waals surface area contributed by atoms with E-state index in [1.165, 1.54) is 11.3 Å². The first-order valence-electron chi connectivity index (χ1n) is 6.69. The number of nitrogens with one attached hydrogen (secondary N) is 1. The van der Waals surface area contributed by atoms with Gasteiger partial charge in [0.1, 0.15) is 5.01 Å². The van der Waals surface area contributed by atoms with Crippen LogP contribution in [0.2, 0.25) is 0 Å². The first kappa shape index (κ1) is 15.2. The van der Waals surface area contributed by atoms with Crippen molar-refractivity contribution in [1.29, 1.82) is 0 Å². The number of thiazole rings is 1. The zero-order valence-electron chi connectivity index (χ0n) is 12.7. The van der Waals surface area contributed by atoms with Crippen LogP contribution < -0.4 is 5.32 Å². The average molecular weight is 294 g/mol. The third-order valence-electron chi connectivity index (χ3n) is 3.39. The summed E-state index contributed by atoms with van der Waals surface area (Å²) in [5, 5.41) is 11.2. The number of rotatable bonds is 6. The number of hydrogen-bond acceptors (Lipinski definition) is 5. The summed E-state index contributed by atoms with van der Waals surface area (Å²) in [5.74, 6) is 0. The van der Waals surface area contributed by atoms with Gasteiger partial charge in [-0.15, -0.1) is 11.3 Å². The van der Waals surface area contributed by atoms with Crippen LogP contribution in [0.5, 0.6) is 0 Å². The van der Waals surface area contributed by atoms with Crippen LogP contribution in [-0.2, 0) is 11.8 Å². The first-order chi connectivity index (χ1) is 9.54. The molecule has 0 saturated carbocycles. The van der Waals surface area contributed by atoms with E-state index in [4.69, 9.17) is 4.74 Å². The maximum atomic E-state index is 5.13. The summed E-state index contributed by atoms with van der Waals surface area (Å²) in [6.45, 7) is 7.64. The Kier molecular flexibility index (Phi) is 4.91. The van der Waals surface area contributed by atoms with Crippen LogP contribution in [0.25, 0.3) is 0 Å². The highest BCUT2D eigenvalue weighted by Gasteiger charge is 2.23. The molecule has 1 N–H and O–H groups in total. The fourth-order valence-corrected chi connectivity index (χ4v) is 3.21. The second-order valence-electron chi connectivity index (χ2n) is 4.92. The molecule has 0 aliphatic carbocycles. The Labute approximate surface area is 124 Å². The third kappa shape index (κ3) is 3.08. The van der Waals surface area contributed by atoms with E-state index in [1.807, 2.05) is 25.6 Å². The molecule has 1 atom stereocenters. The van der Waals surface area contributed by atoms with Gasteiger partial charge in [-0.05, 0) is 20.8 Å². The molecular formula is C14H22N4OS. The minimum atomic E-state index is 0.0811. The molecule has 0 amide bonds. The van der Waals surface area contributed by atoms with Gasteiger partial charge in [-0.1, -0.05) is 0 Å². The maximum Gasteiger partial charge on any atom is 0.115 e. The fraction of sp³-hybridized carbons (Fsp3) is 0.571. The van der Waals surface area contributed by atoms with Crippen LogP contribution in [0.1, 0.15) is 33.7 Å². The molecule has 2 aromatic heterocycles. The van der Waals surface area contributed by atoms with Crippen molar-refractivity contribution in [2.75, 3.05) is 20.3 Å². The normalized spacial score (nSPS) is 12.8. The smallest absolute Gasteiger partial charge is 0.115 e. The van der Waals surface area contributed by atoms with Gasteiger partial charge in [0.2, 0.25) is 0 Å². The zero-order chi connectivity index (χ0) is 14.7. The monoisotopic (exact) mass is 294 g/mol. The molecule has 0 aliphatic heterocycles. The lowest BCUT2D eigenvalue weighted by molar-refractivity contribution is 0.197. The largest absolute Gasteiger partial charge is 0.383 e. The third-order valence-corrected chi connectivity index (χ3v) is 4.42. The van der Waals surface area contributed by atoms with Crippen molar-refractivity contribution in [3.05, 3.63) is 33.0 Å². The molecule has 1 unspecified atom stereocenters. The van der Waals surface area contributed by atoms with Crippen molar-refractivity contribution in [2.45, 2.75) is 26.8 Å². The molecule has 2 aromatic rings. The van der Waals surface area contributed by atoms with Gasteiger partial charge >= 0.3 is 0 Å². The highest BCUT2D eigenvalue weighted by Crippen LogP contribution is 2.29. The summed E-state index contributed by atoms with van der Waals surface area (Å²) in [5.41, 5.74) is 4.50. The molecule has 20 heavy (non-hydrogen) atoms. The molecule has 2 heterocycles. The van der Waals surface area contributed by atoms with Gasteiger partial charge < -0.3 is 10.1 Å². The molecule has 6 heteroatoms. The van der Waals surface area contributed by atoms with Crippen LogP contribution in [0.3, 0.4) is 0 Å². The van der Waals surface area contributed by atoms with Crippen molar-refractivity contribution in [3.63, 3.8) is 0 Å². The SMILES string of the molecule is COCCNC(c1nc(C)cs1)c1c(C)nn(C)c1C. The fourth-order valence-electron chi connectivity index (χ4n) is 2.33. The van der Waals surface area contributed by atoms with E-state index in [2.05, 4.69) is 27.7 Å². The summed E-state index contributed by atoms with van der Waals surface area (Å²) in [6.07, 6.45) is 0. The molecule has 110 valence electrons. The molecule has 0 bridgehead atoms. The predicted octanol–water partition coefficient (Wildman–Crippen LogP) is 2.13. The van der Waals surface area contributed by atoms with Gasteiger partial charge in [0, 0.05) is 43.0 Å². The lowest BCUT2D eigenvalue weighted by Crippen LogP contribution is -2.26. The van der Waals surface area contributed by atoms with Crippen molar-refractivity contribution < 1.29 is 4.74 Å². The molecule has 0 spiro atoms. The predicted molar refractivity (Wildman–Crippen MR) is 81.3 cm³/mol. The van der Waals surface area contributed by atoms with Crippen molar-refractivity contribution in [3.8, 4) is 0 Å². The van der Waals surface area contributed by atoms with Crippen LogP contribution in [0, 0.1) is 20.8 Å². The summed E-state index contributed by atoms with van der Waals surface area (Å²) in [7, 11) is 3.69. The van der Waals surface area contributed by atoms with Gasteiger partial charge in [-0.25, -0.2) is 4.98 Å². The molecule has 0 fully saturated rings. The van der Waals surface area contributed by atoms with Gasteiger partial charge in [0.25, 0.3) is 0 Å². The van der Waals surface area contributed by atoms with Gasteiger partial charge in [-0.2, -0.15) is 5.10 Å². The lowest BCUT2D eigenvalue weighted by atomic mass is 10.1. The van der Waals surface area contributed by atoms with Gasteiger partial charge in [0.15, 0.2) is 0 Å². The number of aryl methyl sites for hydroxylation is 3. The zero-order valence-corrected chi connectivity index (χ0v) is 13.5. The minimum Gasteiger partial charge on any atom is -0.383 e. The molecular weight excluding hydrogens is 272 g/mol. The Morgan fingerprint density at radius 1 is 1.40 bits per heavy atom. The van der Waals surface area contributed by atoms with E-state index in [9.17, 15) is 0 Å². The minimum absolute atomic E-state index is 0.0811. The topological polar surface area (TPSA) is 52.0 Å². The van der Waals surface area contributed by atoms with Gasteiger partial charge in [0.05, 0.1) is 18.3 Å². The van der Waals surface area contributed by atoms with E-state index < -0.39 is 0 Å². The highest BCUT2D eigenvalue weighted by molar-refractivity contribution is 7.09. The number of aromatic nitrogens is 3. The van der Waals surface area contributed by atoms with Crippen LogP contribution in [-0.4, -0.2) is 35.0 Å². The molecule has 0 aromatic carbocycles. The Hall–Kier alpha value is -1.24. The highest BCUT2D eigenvalue weighted by atomic mass is 32.1. The van der Waals surface area contributed by atoms with E-state index >= 15 is 0 Å². The summed E-state index contributed by atoms with van der Waals surface area (Å²) in [6, 6.07) is 0.0811. The lowest BCUT2D eigenvalue weighted by Gasteiger charge is -2.17. The second kappa shape index (κ2) is 6.47. The number of ether oxygens (including phenoxy) is 1. The van der Waals surface area contributed by atoms with Crippen molar-refractivity contribution in [2.24, 2.45) is 7.05 Å². The van der Waals surface area contributed by atoms with E-state index in [1.54, 1.807) is 18.4 Å². The average Bonchev–Trinajstić information content (AvgIpc) is 2.92. The van der Waals surface area contributed by atoms with Gasteiger partial charge in [-0.3, -0.25) is 4.68 Å². The van der Waals surface area contributed by atoms with Crippen LogP contribution in [0.4, 0.5) is 0 Å². The van der Waals surface area contributed by atoms with E-state index in [-0.39, 0.29) is 6.04 Å². The Morgan fingerprint density at radius 2 is 2.15 bits per heavy atom.